The Kier molecular flexibility index (Phi) is 4.02. The van der Waals surface area contributed by atoms with Crippen molar-refractivity contribution in [1.82, 2.24) is 0 Å². The number of carbonyl (C=O) groups excluding carboxylic acids is 2. The van der Waals surface area contributed by atoms with E-state index in [-0.39, 0.29) is 12.6 Å². The average Bonchev–Trinajstić information content (AvgIpc) is 3.02. The fraction of sp³-hybridized carbons (Fsp3) is 0.222. The molecule has 1 heterocycles. The molecule has 5 nitrogen and oxygen atoms in total. The summed E-state index contributed by atoms with van der Waals surface area (Å²) in [5.41, 5.74) is 1.89. The first kappa shape index (κ1) is 15.1. The summed E-state index contributed by atoms with van der Waals surface area (Å²) < 4.78 is 15.7. The Hall–Kier alpha value is -2.82. The lowest BCUT2D eigenvalue weighted by Crippen LogP contribution is -2.24. The third-order valence-corrected chi connectivity index (χ3v) is 3.60. The van der Waals surface area contributed by atoms with Crippen molar-refractivity contribution in [1.29, 1.82) is 0 Å². The van der Waals surface area contributed by atoms with Gasteiger partial charge in [0.2, 0.25) is 12.6 Å². The summed E-state index contributed by atoms with van der Waals surface area (Å²) in [5.74, 6) is 0.276. The number of esters is 1. The van der Waals surface area contributed by atoms with E-state index >= 15 is 0 Å². The van der Waals surface area contributed by atoms with E-state index in [0.717, 1.165) is 5.56 Å². The lowest BCUT2D eigenvalue weighted by atomic mass is 10.1. The first-order valence-electron chi connectivity index (χ1n) is 7.26. The first-order chi connectivity index (χ1) is 11.0. The van der Waals surface area contributed by atoms with Gasteiger partial charge in [0, 0.05) is 5.56 Å². The van der Waals surface area contributed by atoms with E-state index < -0.39 is 12.1 Å². The number of benzene rings is 2. The van der Waals surface area contributed by atoms with Crippen LogP contribution < -0.4 is 9.47 Å². The Morgan fingerprint density at radius 1 is 1.00 bits per heavy atom. The molecule has 2 aromatic carbocycles. The Balaban J connectivity index is 1.69. The van der Waals surface area contributed by atoms with Gasteiger partial charge in [-0.3, -0.25) is 4.79 Å². The summed E-state index contributed by atoms with van der Waals surface area (Å²) in [6.07, 6.45) is -0.865. The molecule has 0 saturated heterocycles. The van der Waals surface area contributed by atoms with Crippen molar-refractivity contribution in [3.05, 3.63) is 59.2 Å². The zero-order chi connectivity index (χ0) is 16.4. The zero-order valence-corrected chi connectivity index (χ0v) is 12.9. The van der Waals surface area contributed by atoms with Crippen LogP contribution >= 0.6 is 0 Å². The van der Waals surface area contributed by atoms with Gasteiger partial charge in [-0.15, -0.1) is 0 Å². The van der Waals surface area contributed by atoms with Crippen LogP contribution in [-0.4, -0.2) is 24.6 Å². The Morgan fingerprint density at radius 3 is 2.39 bits per heavy atom. The minimum atomic E-state index is -0.865. The third-order valence-electron chi connectivity index (χ3n) is 3.60. The van der Waals surface area contributed by atoms with Crippen LogP contribution in [0.2, 0.25) is 0 Å². The van der Waals surface area contributed by atoms with Crippen molar-refractivity contribution in [3.8, 4) is 11.5 Å². The molecule has 0 N–H and O–H groups in total. The molecule has 0 spiro atoms. The summed E-state index contributed by atoms with van der Waals surface area (Å²) >= 11 is 0. The van der Waals surface area contributed by atoms with Crippen molar-refractivity contribution >= 4 is 11.8 Å². The van der Waals surface area contributed by atoms with Crippen LogP contribution in [0.3, 0.4) is 0 Å². The van der Waals surface area contributed by atoms with Gasteiger partial charge in [0.25, 0.3) is 0 Å². The fourth-order valence-electron chi connectivity index (χ4n) is 2.26. The van der Waals surface area contributed by atoms with Crippen LogP contribution in [-0.2, 0) is 4.74 Å². The van der Waals surface area contributed by atoms with Crippen LogP contribution in [0.15, 0.2) is 42.5 Å². The Labute approximate surface area is 133 Å². The summed E-state index contributed by atoms with van der Waals surface area (Å²) in [6.45, 7) is 3.64. The van der Waals surface area contributed by atoms with Crippen LogP contribution in [0.4, 0.5) is 0 Å². The molecule has 0 radical (unpaired) electrons. The van der Waals surface area contributed by atoms with Gasteiger partial charge in [0.05, 0.1) is 5.56 Å². The second-order valence-corrected chi connectivity index (χ2v) is 5.35. The molecule has 0 aliphatic carbocycles. The highest BCUT2D eigenvalue weighted by Gasteiger charge is 2.22. The van der Waals surface area contributed by atoms with Gasteiger partial charge in [0.15, 0.2) is 17.6 Å². The van der Waals surface area contributed by atoms with Crippen molar-refractivity contribution in [2.24, 2.45) is 0 Å². The molecule has 0 aromatic heterocycles. The van der Waals surface area contributed by atoms with Crippen LogP contribution in [0.25, 0.3) is 0 Å². The van der Waals surface area contributed by atoms with Crippen LogP contribution in [0.1, 0.15) is 33.2 Å². The van der Waals surface area contributed by atoms with Crippen LogP contribution in [0.5, 0.6) is 11.5 Å². The van der Waals surface area contributed by atoms with E-state index in [9.17, 15) is 9.59 Å². The smallest absolute Gasteiger partial charge is 0.338 e. The molecule has 0 amide bonds. The predicted octanol–water partition coefficient (Wildman–Crippen LogP) is 3.15. The number of hydrogen-bond donors (Lipinski definition) is 0. The highest BCUT2D eigenvalue weighted by atomic mass is 16.7. The SMILES string of the molecule is Cc1ccc(C(=O)[C@@H](C)OC(=O)c2ccc3c(c2)OCO3)cc1. The maximum Gasteiger partial charge on any atom is 0.338 e. The molecule has 1 atom stereocenters. The van der Waals surface area contributed by atoms with Crippen molar-refractivity contribution in [2.75, 3.05) is 6.79 Å². The molecule has 118 valence electrons. The average molecular weight is 312 g/mol. The summed E-state index contributed by atoms with van der Waals surface area (Å²) in [7, 11) is 0. The summed E-state index contributed by atoms with van der Waals surface area (Å²) in [5, 5.41) is 0. The molecule has 0 saturated carbocycles. The van der Waals surface area contributed by atoms with Crippen molar-refractivity contribution < 1.29 is 23.8 Å². The number of carbonyl (C=O) groups is 2. The number of Topliss-reactive ketones (excluding diaryl/α,β-unsaturated/α-hetero) is 1. The van der Waals surface area contributed by atoms with Gasteiger partial charge in [-0.05, 0) is 32.0 Å². The largest absolute Gasteiger partial charge is 0.454 e. The second-order valence-electron chi connectivity index (χ2n) is 5.35. The van der Waals surface area contributed by atoms with E-state index in [0.29, 0.717) is 22.6 Å². The number of aryl methyl sites for hydroxylation is 1. The maximum atomic E-state index is 12.3. The number of ketones is 1. The minimum Gasteiger partial charge on any atom is -0.454 e. The van der Waals surface area contributed by atoms with Gasteiger partial charge >= 0.3 is 5.97 Å². The standard InChI is InChI=1S/C18H16O5/c1-11-3-5-13(6-4-11)17(19)12(2)23-18(20)14-7-8-15-16(9-14)22-10-21-15/h3-9,12H,10H2,1-2H3/t12-/m1/s1. The summed E-state index contributed by atoms with van der Waals surface area (Å²) in [6, 6.07) is 11.9. The van der Waals surface area contributed by atoms with E-state index in [1.807, 2.05) is 19.1 Å². The number of ether oxygens (including phenoxy) is 3. The highest BCUT2D eigenvalue weighted by Crippen LogP contribution is 2.32. The molecule has 2 aromatic rings. The quantitative estimate of drug-likeness (QED) is 0.641. The molecule has 0 unspecified atom stereocenters. The van der Waals surface area contributed by atoms with Crippen molar-refractivity contribution in [2.45, 2.75) is 20.0 Å². The van der Waals surface area contributed by atoms with Gasteiger partial charge < -0.3 is 14.2 Å². The van der Waals surface area contributed by atoms with Gasteiger partial charge in [-0.2, -0.15) is 0 Å². The molecule has 5 heteroatoms. The lowest BCUT2D eigenvalue weighted by molar-refractivity contribution is 0.0318. The Bertz CT molecular complexity index is 749. The van der Waals surface area contributed by atoms with Gasteiger partial charge in [-0.1, -0.05) is 29.8 Å². The van der Waals surface area contributed by atoms with E-state index in [4.69, 9.17) is 14.2 Å². The first-order valence-corrected chi connectivity index (χ1v) is 7.26. The maximum absolute atomic E-state index is 12.3. The normalized spacial score (nSPS) is 13.5. The number of fused-ring (bicyclic) bond motifs is 1. The summed E-state index contributed by atoms with van der Waals surface area (Å²) in [4.78, 5) is 24.5. The number of rotatable bonds is 4. The van der Waals surface area contributed by atoms with Crippen LogP contribution in [0, 0.1) is 6.92 Å². The van der Waals surface area contributed by atoms with E-state index in [1.54, 1.807) is 37.3 Å². The topological polar surface area (TPSA) is 61.8 Å². The fourth-order valence-corrected chi connectivity index (χ4v) is 2.26. The Morgan fingerprint density at radius 2 is 1.65 bits per heavy atom. The minimum absolute atomic E-state index is 0.135. The molecule has 1 aliphatic heterocycles. The number of hydrogen-bond acceptors (Lipinski definition) is 5. The monoisotopic (exact) mass is 312 g/mol. The second kappa shape index (κ2) is 6.12. The molecule has 1 aliphatic rings. The molecule has 23 heavy (non-hydrogen) atoms. The third kappa shape index (κ3) is 3.18. The predicted molar refractivity (Wildman–Crippen MR) is 83.0 cm³/mol. The molecular weight excluding hydrogens is 296 g/mol. The molecule has 0 fully saturated rings. The van der Waals surface area contributed by atoms with E-state index in [1.165, 1.54) is 0 Å². The lowest BCUT2D eigenvalue weighted by Gasteiger charge is -2.12. The van der Waals surface area contributed by atoms with E-state index in [2.05, 4.69) is 0 Å². The van der Waals surface area contributed by atoms with Gasteiger partial charge in [0.1, 0.15) is 0 Å². The van der Waals surface area contributed by atoms with Crippen molar-refractivity contribution in [3.63, 3.8) is 0 Å². The zero-order valence-electron chi connectivity index (χ0n) is 12.9. The highest BCUT2D eigenvalue weighted by molar-refractivity contribution is 6.01. The molecule has 0 bridgehead atoms. The van der Waals surface area contributed by atoms with Gasteiger partial charge in [-0.25, -0.2) is 4.79 Å². The molecule has 3 rings (SSSR count). The molecular formula is C18H16O5.